The van der Waals surface area contributed by atoms with E-state index in [1.54, 1.807) is 12.3 Å². The SMILES string of the molecule is CC(C)(C)OC[C@@]12COC(C1OC(C)(C)C)[C@H](n1ccc(N)nc1=O)O2. The lowest BCUT2D eigenvalue weighted by Crippen LogP contribution is -2.50. The minimum Gasteiger partial charge on any atom is -0.383 e. The molecule has 2 bridgehead atoms. The Kier molecular flexibility index (Phi) is 4.67. The summed E-state index contributed by atoms with van der Waals surface area (Å²) in [5.41, 5.74) is 3.60. The molecule has 3 rings (SSSR count). The summed E-state index contributed by atoms with van der Waals surface area (Å²) >= 11 is 0. The van der Waals surface area contributed by atoms with Crippen molar-refractivity contribution >= 4 is 5.82 Å². The molecule has 26 heavy (non-hydrogen) atoms. The molecular formula is C18H29N3O5. The minimum atomic E-state index is -0.781. The topological polar surface area (TPSA) is 97.8 Å². The zero-order valence-corrected chi connectivity index (χ0v) is 16.3. The van der Waals surface area contributed by atoms with Gasteiger partial charge in [0.25, 0.3) is 0 Å². The lowest BCUT2D eigenvalue weighted by atomic mass is 9.98. The summed E-state index contributed by atoms with van der Waals surface area (Å²) in [5.74, 6) is 0.170. The second-order valence-corrected chi connectivity index (χ2v) is 8.94. The molecule has 146 valence electrons. The van der Waals surface area contributed by atoms with Gasteiger partial charge in [-0.05, 0) is 47.6 Å². The van der Waals surface area contributed by atoms with E-state index in [4.69, 9.17) is 24.7 Å². The van der Waals surface area contributed by atoms with Crippen LogP contribution in [-0.4, -0.2) is 51.8 Å². The van der Waals surface area contributed by atoms with E-state index in [-0.39, 0.29) is 17.5 Å². The number of hydrogen-bond donors (Lipinski definition) is 1. The molecule has 4 atom stereocenters. The molecule has 2 unspecified atom stereocenters. The van der Waals surface area contributed by atoms with Crippen molar-refractivity contribution in [2.75, 3.05) is 18.9 Å². The Morgan fingerprint density at radius 1 is 1.31 bits per heavy atom. The smallest absolute Gasteiger partial charge is 0.351 e. The highest BCUT2D eigenvalue weighted by Crippen LogP contribution is 2.47. The van der Waals surface area contributed by atoms with Gasteiger partial charge < -0.3 is 24.7 Å². The largest absolute Gasteiger partial charge is 0.383 e. The number of anilines is 1. The molecule has 0 saturated carbocycles. The predicted molar refractivity (Wildman–Crippen MR) is 95.8 cm³/mol. The van der Waals surface area contributed by atoms with Gasteiger partial charge in [-0.2, -0.15) is 4.98 Å². The molecule has 2 aliphatic heterocycles. The lowest BCUT2D eigenvalue weighted by Gasteiger charge is -2.35. The van der Waals surface area contributed by atoms with Crippen LogP contribution in [-0.2, 0) is 18.9 Å². The van der Waals surface area contributed by atoms with Gasteiger partial charge in [-0.25, -0.2) is 4.79 Å². The minimum absolute atomic E-state index is 0.170. The van der Waals surface area contributed by atoms with Gasteiger partial charge in [0.15, 0.2) is 6.23 Å². The molecule has 8 nitrogen and oxygen atoms in total. The van der Waals surface area contributed by atoms with Gasteiger partial charge in [0.2, 0.25) is 0 Å². The first-order valence-electron chi connectivity index (χ1n) is 8.86. The molecule has 0 radical (unpaired) electrons. The van der Waals surface area contributed by atoms with E-state index in [1.807, 2.05) is 41.5 Å². The van der Waals surface area contributed by atoms with Crippen LogP contribution in [0.2, 0.25) is 0 Å². The number of nitrogens with two attached hydrogens (primary N) is 1. The summed E-state index contributed by atoms with van der Waals surface area (Å²) in [6.07, 6.45) is 0.145. The van der Waals surface area contributed by atoms with Crippen LogP contribution < -0.4 is 11.4 Å². The second kappa shape index (κ2) is 6.30. The Morgan fingerprint density at radius 2 is 2.00 bits per heavy atom. The molecule has 3 heterocycles. The first-order valence-corrected chi connectivity index (χ1v) is 8.86. The number of fused-ring (bicyclic) bond motifs is 2. The molecule has 1 aromatic rings. The number of nitrogen functional groups attached to an aromatic ring is 1. The van der Waals surface area contributed by atoms with Crippen molar-refractivity contribution in [1.29, 1.82) is 0 Å². The van der Waals surface area contributed by atoms with Gasteiger partial charge in [-0.3, -0.25) is 4.57 Å². The Hall–Kier alpha value is -1.48. The monoisotopic (exact) mass is 367 g/mol. The Morgan fingerprint density at radius 3 is 2.58 bits per heavy atom. The molecule has 8 heteroatoms. The van der Waals surface area contributed by atoms with Crippen molar-refractivity contribution in [2.24, 2.45) is 0 Å². The molecule has 0 spiro atoms. The van der Waals surface area contributed by atoms with E-state index < -0.39 is 29.2 Å². The number of nitrogens with zero attached hydrogens (tertiary/aromatic N) is 2. The van der Waals surface area contributed by atoms with Crippen LogP contribution in [0, 0.1) is 0 Å². The molecule has 0 aliphatic carbocycles. The number of hydrogen-bond acceptors (Lipinski definition) is 7. The van der Waals surface area contributed by atoms with Crippen molar-refractivity contribution in [3.05, 3.63) is 22.7 Å². The van der Waals surface area contributed by atoms with E-state index in [2.05, 4.69) is 4.98 Å². The second-order valence-electron chi connectivity index (χ2n) is 8.94. The lowest BCUT2D eigenvalue weighted by molar-refractivity contribution is -0.211. The van der Waals surface area contributed by atoms with Gasteiger partial charge in [0.05, 0.1) is 24.4 Å². The molecule has 2 aliphatic rings. The summed E-state index contributed by atoms with van der Waals surface area (Å²) in [6.45, 7) is 12.6. The summed E-state index contributed by atoms with van der Waals surface area (Å²) in [6, 6.07) is 1.56. The average molecular weight is 367 g/mol. The van der Waals surface area contributed by atoms with E-state index in [9.17, 15) is 4.79 Å². The number of rotatable bonds is 4. The third-order valence-electron chi connectivity index (χ3n) is 4.33. The van der Waals surface area contributed by atoms with Crippen LogP contribution in [0.15, 0.2) is 17.1 Å². The van der Waals surface area contributed by atoms with E-state index >= 15 is 0 Å². The number of aromatic nitrogens is 2. The maximum absolute atomic E-state index is 12.3. The van der Waals surface area contributed by atoms with Crippen molar-refractivity contribution in [3.63, 3.8) is 0 Å². The maximum Gasteiger partial charge on any atom is 0.351 e. The molecule has 2 saturated heterocycles. The fourth-order valence-electron chi connectivity index (χ4n) is 3.23. The summed E-state index contributed by atoms with van der Waals surface area (Å²) < 4.78 is 26.0. The molecule has 2 N–H and O–H groups in total. The summed E-state index contributed by atoms with van der Waals surface area (Å²) in [7, 11) is 0. The Labute approximate surface area is 153 Å². The highest BCUT2D eigenvalue weighted by atomic mass is 16.7. The summed E-state index contributed by atoms with van der Waals surface area (Å²) in [4.78, 5) is 16.1. The van der Waals surface area contributed by atoms with Crippen molar-refractivity contribution in [2.45, 2.75) is 76.8 Å². The van der Waals surface area contributed by atoms with Crippen LogP contribution in [0.3, 0.4) is 0 Å². The van der Waals surface area contributed by atoms with Gasteiger partial charge >= 0.3 is 5.69 Å². The van der Waals surface area contributed by atoms with Gasteiger partial charge in [-0.1, -0.05) is 0 Å². The molecule has 2 fully saturated rings. The molecule has 0 amide bonds. The molecule has 1 aromatic heterocycles. The zero-order valence-electron chi connectivity index (χ0n) is 16.3. The molecular weight excluding hydrogens is 338 g/mol. The number of ether oxygens (including phenoxy) is 4. The van der Waals surface area contributed by atoms with Gasteiger partial charge in [-0.15, -0.1) is 0 Å². The van der Waals surface area contributed by atoms with Crippen LogP contribution in [0.25, 0.3) is 0 Å². The summed E-state index contributed by atoms with van der Waals surface area (Å²) in [5, 5.41) is 0. The fourth-order valence-corrected chi connectivity index (χ4v) is 3.23. The van der Waals surface area contributed by atoms with Crippen molar-refractivity contribution in [3.8, 4) is 0 Å². The third-order valence-corrected chi connectivity index (χ3v) is 4.33. The van der Waals surface area contributed by atoms with E-state index in [1.165, 1.54) is 4.57 Å². The van der Waals surface area contributed by atoms with Crippen LogP contribution >= 0.6 is 0 Å². The van der Waals surface area contributed by atoms with E-state index in [0.717, 1.165) is 0 Å². The Balaban J connectivity index is 1.93. The highest BCUT2D eigenvalue weighted by Gasteiger charge is 2.64. The third kappa shape index (κ3) is 3.78. The zero-order chi connectivity index (χ0) is 19.3. The van der Waals surface area contributed by atoms with E-state index in [0.29, 0.717) is 13.2 Å². The van der Waals surface area contributed by atoms with Crippen LogP contribution in [0.5, 0.6) is 0 Å². The average Bonchev–Trinajstić information content (AvgIpc) is 2.95. The van der Waals surface area contributed by atoms with Crippen LogP contribution in [0.4, 0.5) is 5.82 Å². The maximum atomic E-state index is 12.3. The first kappa shape index (κ1) is 19.3. The quantitative estimate of drug-likeness (QED) is 0.861. The van der Waals surface area contributed by atoms with Crippen molar-refractivity contribution in [1.82, 2.24) is 9.55 Å². The fraction of sp³-hybridized carbons (Fsp3) is 0.778. The Bertz CT molecular complexity index is 721. The highest BCUT2D eigenvalue weighted by molar-refractivity contribution is 5.24. The standard InChI is InChI=1S/C18H29N3O5/c1-16(2,3)24-10-18-9-23-12(13(18)25-17(4,5)6)14(26-18)21-8-7-11(19)20-15(21)22/h7-8,12-14H,9-10H2,1-6H3,(H2,19,20,22)/t12?,13?,14-,18+/m1/s1. The predicted octanol–water partition coefficient (Wildman–Crippen LogP) is 1.49. The van der Waals surface area contributed by atoms with Crippen LogP contribution in [0.1, 0.15) is 47.8 Å². The van der Waals surface area contributed by atoms with Crippen molar-refractivity contribution < 1.29 is 18.9 Å². The first-order chi connectivity index (χ1) is 11.9. The van der Waals surface area contributed by atoms with Gasteiger partial charge in [0.1, 0.15) is 23.6 Å². The van der Waals surface area contributed by atoms with Gasteiger partial charge in [0, 0.05) is 6.20 Å². The normalized spacial score (nSPS) is 31.5. The molecule has 0 aromatic carbocycles.